The molecule has 0 bridgehead atoms. The lowest BCUT2D eigenvalue weighted by atomic mass is 10.1. The van der Waals surface area contributed by atoms with E-state index in [2.05, 4.69) is 120 Å². The number of hydrogen-bond donors (Lipinski definition) is 0. The van der Waals surface area contributed by atoms with Crippen LogP contribution in [0.4, 0.5) is 0 Å². The minimum absolute atomic E-state index is 0.0213. The molecule has 0 aliphatic heterocycles. The lowest BCUT2D eigenvalue weighted by Crippen LogP contribution is -2.37. The highest BCUT2D eigenvalue weighted by Crippen LogP contribution is 2.58. The van der Waals surface area contributed by atoms with E-state index in [9.17, 15) is 0 Å². The molecule has 3 heteroatoms. The van der Waals surface area contributed by atoms with Gasteiger partial charge in [-0.3, -0.25) is 0 Å². The molecule has 0 saturated heterocycles. The summed E-state index contributed by atoms with van der Waals surface area (Å²) >= 11 is 0. The number of hydrogen-bond acceptors (Lipinski definition) is 2. The summed E-state index contributed by atoms with van der Waals surface area (Å²) in [6.07, 6.45) is 18.7. The van der Waals surface area contributed by atoms with Gasteiger partial charge in [0, 0.05) is 13.2 Å². The third-order valence-electron chi connectivity index (χ3n) is 8.52. The van der Waals surface area contributed by atoms with Crippen LogP contribution in [-0.2, 0) is 9.47 Å². The summed E-state index contributed by atoms with van der Waals surface area (Å²) in [5.41, 5.74) is 4.23. The van der Waals surface area contributed by atoms with Crippen molar-refractivity contribution < 1.29 is 9.47 Å². The molecule has 0 atom stereocenters. The van der Waals surface area contributed by atoms with Gasteiger partial charge < -0.3 is 9.47 Å². The average Bonchev–Trinajstić information content (AvgIpc) is 3.01. The zero-order valence-corrected chi connectivity index (χ0v) is 28.7. The van der Waals surface area contributed by atoms with Gasteiger partial charge in [-0.2, -0.15) is 0 Å². The summed E-state index contributed by atoms with van der Waals surface area (Å²) in [6.45, 7) is 13.0. The first-order chi connectivity index (χ1) is 21.0. The molecule has 234 valence electrons. The van der Waals surface area contributed by atoms with Gasteiger partial charge in [-0.1, -0.05) is 99.9 Å². The van der Waals surface area contributed by atoms with Crippen LogP contribution < -0.4 is 15.9 Å². The van der Waals surface area contributed by atoms with Gasteiger partial charge in [0.25, 0.3) is 0 Å². The number of aryl methyl sites for hydroxylation is 3. The van der Waals surface area contributed by atoms with Crippen LogP contribution in [0.2, 0.25) is 0 Å². The second kappa shape index (κ2) is 19.9. The second-order valence-electron chi connectivity index (χ2n) is 12.0. The van der Waals surface area contributed by atoms with Gasteiger partial charge in [0.2, 0.25) is 0 Å². The maximum absolute atomic E-state index is 6.01. The Morgan fingerprint density at radius 1 is 0.558 bits per heavy atom. The van der Waals surface area contributed by atoms with Crippen LogP contribution >= 0.6 is 7.26 Å². The molecule has 0 saturated carbocycles. The summed E-state index contributed by atoms with van der Waals surface area (Å²) in [7, 11) is -1.82. The predicted molar refractivity (Wildman–Crippen MR) is 191 cm³/mol. The number of ether oxygens (including phenoxy) is 2. The summed E-state index contributed by atoms with van der Waals surface area (Å²) in [5, 5.41) is 4.62. The molecule has 0 unspecified atom stereocenters. The Hall–Kier alpha value is -2.25. The van der Waals surface area contributed by atoms with Gasteiger partial charge in [0.1, 0.15) is 23.2 Å². The molecule has 3 aromatic carbocycles. The zero-order chi connectivity index (χ0) is 30.8. The molecule has 2 nitrogen and oxygen atoms in total. The van der Waals surface area contributed by atoms with Crippen molar-refractivity contribution in [1.82, 2.24) is 0 Å². The van der Waals surface area contributed by atoms with Crippen molar-refractivity contribution in [3.05, 3.63) is 102 Å². The van der Waals surface area contributed by atoms with E-state index in [4.69, 9.17) is 9.47 Å². The molecular weight excluding hydrogens is 543 g/mol. The fraction of sp³-hybridized carbons (Fsp3) is 0.500. The minimum atomic E-state index is -1.82. The van der Waals surface area contributed by atoms with E-state index >= 15 is 0 Å². The molecule has 0 radical (unpaired) electrons. The fourth-order valence-corrected chi connectivity index (χ4v) is 11.3. The van der Waals surface area contributed by atoms with Crippen LogP contribution in [0.1, 0.15) is 101 Å². The molecule has 0 fully saturated rings. The summed E-state index contributed by atoms with van der Waals surface area (Å²) in [4.78, 5) is 0. The molecule has 0 heterocycles. The van der Waals surface area contributed by atoms with Crippen LogP contribution in [0.3, 0.4) is 0 Å². The first-order valence-electron chi connectivity index (χ1n) is 17.0. The first kappa shape index (κ1) is 35.2. The van der Waals surface area contributed by atoms with Gasteiger partial charge in [0.15, 0.2) is 6.29 Å². The van der Waals surface area contributed by atoms with Gasteiger partial charge in [-0.15, -0.1) is 0 Å². The molecule has 0 amide bonds. The van der Waals surface area contributed by atoms with Gasteiger partial charge >= 0.3 is 0 Å². The van der Waals surface area contributed by atoms with Crippen LogP contribution in [0.25, 0.3) is 0 Å². The van der Waals surface area contributed by atoms with E-state index in [1.54, 1.807) is 15.9 Å². The van der Waals surface area contributed by atoms with Crippen LogP contribution in [0.5, 0.6) is 0 Å². The Bertz CT molecular complexity index is 1100. The van der Waals surface area contributed by atoms with E-state index in [-0.39, 0.29) is 6.29 Å². The SMILES string of the molecule is CCCCOC(CCCCC/C=C\CCC[P+](c1ccccc1C)(c1ccccc1C)c1ccccc1C)OCCCC. The highest BCUT2D eigenvalue weighted by atomic mass is 31.2. The van der Waals surface area contributed by atoms with Gasteiger partial charge in [-0.25, -0.2) is 0 Å². The first-order valence-corrected chi connectivity index (χ1v) is 19.0. The molecule has 43 heavy (non-hydrogen) atoms. The van der Waals surface area contributed by atoms with E-state index in [0.29, 0.717) is 0 Å². The molecule has 0 spiro atoms. The van der Waals surface area contributed by atoms with Gasteiger partial charge in [-0.05, 0) is 107 Å². The number of allylic oxidation sites excluding steroid dienone is 2. The maximum atomic E-state index is 6.01. The van der Waals surface area contributed by atoms with Crippen LogP contribution in [-0.4, -0.2) is 25.7 Å². The van der Waals surface area contributed by atoms with Crippen molar-refractivity contribution >= 4 is 23.2 Å². The number of rotatable bonds is 21. The largest absolute Gasteiger partial charge is 0.353 e. The molecule has 0 N–H and O–H groups in total. The Balaban J connectivity index is 1.61. The Morgan fingerprint density at radius 2 is 1.00 bits per heavy atom. The Kier molecular flexibility index (Phi) is 16.3. The molecule has 0 aliphatic rings. The molecule has 0 aliphatic carbocycles. The molecule has 0 aromatic heterocycles. The smallest absolute Gasteiger partial charge is 0.157 e. The van der Waals surface area contributed by atoms with Crippen molar-refractivity contribution in [1.29, 1.82) is 0 Å². The molecular formula is C40H58O2P+. The van der Waals surface area contributed by atoms with Crippen LogP contribution in [0.15, 0.2) is 84.9 Å². The second-order valence-corrected chi connectivity index (χ2v) is 15.5. The lowest BCUT2D eigenvalue weighted by molar-refractivity contribution is -0.147. The van der Waals surface area contributed by atoms with Crippen molar-refractivity contribution in [3.8, 4) is 0 Å². The Labute approximate surface area is 264 Å². The third-order valence-corrected chi connectivity index (χ3v) is 13.5. The lowest BCUT2D eigenvalue weighted by Gasteiger charge is -2.31. The zero-order valence-electron chi connectivity index (χ0n) is 27.8. The monoisotopic (exact) mass is 601 g/mol. The Morgan fingerprint density at radius 3 is 1.44 bits per heavy atom. The highest BCUT2D eigenvalue weighted by Gasteiger charge is 2.47. The third kappa shape index (κ3) is 10.7. The molecule has 3 rings (SSSR count). The minimum Gasteiger partial charge on any atom is -0.353 e. The maximum Gasteiger partial charge on any atom is 0.157 e. The predicted octanol–water partition coefficient (Wildman–Crippen LogP) is 10.2. The number of benzene rings is 3. The highest BCUT2D eigenvalue weighted by molar-refractivity contribution is 7.96. The molecule has 3 aromatic rings. The van der Waals surface area contributed by atoms with Crippen LogP contribution in [0, 0.1) is 20.8 Å². The average molecular weight is 602 g/mol. The topological polar surface area (TPSA) is 18.5 Å². The number of unbranched alkanes of at least 4 members (excludes halogenated alkanes) is 6. The van der Waals surface area contributed by atoms with Gasteiger partial charge in [0.05, 0.1) is 6.16 Å². The normalized spacial score (nSPS) is 12.0. The summed E-state index contributed by atoms with van der Waals surface area (Å²) < 4.78 is 12.0. The van der Waals surface area contributed by atoms with E-state index in [1.165, 1.54) is 61.4 Å². The summed E-state index contributed by atoms with van der Waals surface area (Å²) in [5.74, 6) is 0. The van der Waals surface area contributed by atoms with Crippen molar-refractivity contribution in [2.24, 2.45) is 0 Å². The van der Waals surface area contributed by atoms with Crippen molar-refractivity contribution in [2.75, 3.05) is 19.4 Å². The summed E-state index contributed by atoms with van der Waals surface area (Å²) in [6, 6.07) is 27.4. The van der Waals surface area contributed by atoms with E-state index in [1.807, 2.05) is 0 Å². The van der Waals surface area contributed by atoms with Crippen molar-refractivity contribution in [2.45, 2.75) is 112 Å². The fourth-order valence-electron chi connectivity index (χ4n) is 6.09. The van der Waals surface area contributed by atoms with E-state index < -0.39 is 7.26 Å². The van der Waals surface area contributed by atoms with Crippen molar-refractivity contribution in [3.63, 3.8) is 0 Å². The quantitative estimate of drug-likeness (QED) is 0.0523. The van der Waals surface area contributed by atoms with E-state index in [0.717, 1.165) is 45.3 Å². The standard InChI is InChI=1S/C40H58O2P/c1-6-8-31-41-40(42-32-9-7-2)30-16-14-12-10-11-13-15-23-33-43(37-27-20-17-24-34(37)3,38-28-21-18-25-35(38)4)39-29-22-19-26-36(39)5/h11,13,17-22,24-29,40H,6-10,12,14-16,23,30-33H2,1-5H3/q+1/b13-11-.